The highest BCUT2D eigenvalue weighted by atomic mass is 28.4. The van der Waals surface area contributed by atoms with Crippen LogP contribution in [0, 0.1) is 0 Å². The Kier molecular flexibility index (Phi) is 10.9. The molecule has 0 saturated heterocycles. The van der Waals surface area contributed by atoms with Gasteiger partial charge in [0.25, 0.3) is 0 Å². The van der Waals surface area contributed by atoms with Crippen molar-refractivity contribution in [1.82, 2.24) is 0 Å². The Bertz CT molecular complexity index is 371. The number of nitrogen functional groups attached to an aromatic ring is 1. The second-order valence-corrected chi connectivity index (χ2v) is 6.91. The number of anilines is 1. The average Bonchev–Trinajstić information content (AvgIpc) is 2.49. The van der Waals surface area contributed by atoms with E-state index >= 15 is 0 Å². The van der Waals surface area contributed by atoms with E-state index in [1.807, 2.05) is 45.0 Å². The molecule has 0 aliphatic rings. The van der Waals surface area contributed by atoms with Crippen LogP contribution in [0.5, 0.6) is 0 Å². The highest BCUT2D eigenvalue weighted by Gasteiger charge is 2.39. The van der Waals surface area contributed by atoms with Crippen molar-refractivity contribution in [3.05, 3.63) is 43.0 Å². The van der Waals surface area contributed by atoms with Crippen LogP contribution >= 0.6 is 0 Å². The minimum absolute atomic E-state index is 0.608. The molecule has 0 spiro atoms. The number of hydrogen-bond acceptors (Lipinski definition) is 4. The van der Waals surface area contributed by atoms with Gasteiger partial charge in [-0.25, -0.2) is 0 Å². The van der Waals surface area contributed by atoms with Gasteiger partial charge >= 0.3 is 8.80 Å². The van der Waals surface area contributed by atoms with Crippen molar-refractivity contribution in [2.24, 2.45) is 0 Å². The third-order valence-corrected chi connectivity index (χ3v) is 5.90. The number of rotatable bonds is 9. The molecule has 0 atom stereocenters. The molecule has 4 nitrogen and oxygen atoms in total. The zero-order valence-electron chi connectivity index (χ0n) is 13.6. The van der Waals surface area contributed by atoms with E-state index in [9.17, 15) is 0 Å². The molecule has 5 heteroatoms. The summed E-state index contributed by atoms with van der Waals surface area (Å²) < 4.78 is 17.5. The molecule has 1 aromatic carbocycles. The van der Waals surface area contributed by atoms with Crippen LogP contribution in [0.25, 0.3) is 0 Å². The van der Waals surface area contributed by atoms with Crippen LogP contribution in [-0.4, -0.2) is 28.6 Å². The van der Waals surface area contributed by atoms with Gasteiger partial charge in [-0.2, -0.15) is 0 Å². The van der Waals surface area contributed by atoms with Crippen LogP contribution in [0.4, 0.5) is 5.69 Å². The molecule has 0 aliphatic heterocycles. The van der Waals surface area contributed by atoms with Crippen molar-refractivity contribution >= 4 is 14.5 Å². The lowest BCUT2D eigenvalue weighted by Gasteiger charge is -2.28. The van der Waals surface area contributed by atoms with Gasteiger partial charge in [-0.3, -0.25) is 0 Å². The largest absolute Gasteiger partial charge is 0.501 e. The smallest absolute Gasteiger partial charge is 0.399 e. The zero-order valence-corrected chi connectivity index (χ0v) is 14.6. The maximum Gasteiger partial charge on any atom is 0.501 e. The molecule has 1 aromatic rings. The van der Waals surface area contributed by atoms with Gasteiger partial charge < -0.3 is 19.0 Å². The predicted molar refractivity (Wildman–Crippen MR) is 91.3 cm³/mol. The van der Waals surface area contributed by atoms with Gasteiger partial charge in [0, 0.05) is 31.6 Å². The predicted octanol–water partition coefficient (Wildman–Crippen LogP) is 3.66. The zero-order chi connectivity index (χ0) is 16.1. The summed E-state index contributed by atoms with van der Waals surface area (Å²) in [5.41, 5.74) is 7.90. The Labute approximate surface area is 130 Å². The minimum atomic E-state index is -2.56. The Balaban J connectivity index is 0.00000191. The van der Waals surface area contributed by atoms with Gasteiger partial charge in [-0.1, -0.05) is 18.2 Å². The highest BCUT2D eigenvalue weighted by molar-refractivity contribution is 6.60. The van der Waals surface area contributed by atoms with Gasteiger partial charge in [-0.05, 0) is 38.8 Å². The van der Waals surface area contributed by atoms with Crippen molar-refractivity contribution in [3.8, 4) is 0 Å². The van der Waals surface area contributed by atoms with Gasteiger partial charge in [0.2, 0.25) is 0 Å². The van der Waals surface area contributed by atoms with Crippen LogP contribution in [0.2, 0.25) is 6.04 Å². The summed E-state index contributed by atoms with van der Waals surface area (Å²) >= 11 is 0. The summed E-state index contributed by atoms with van der Waals surface area (Å²) in [6.07, 6.45) is 0.818. The normalized spacial score (nSPS) is 10.8. The molecule has 0 unspecified atom stereocenters. The van der Waals surface area contributed by atoms with Gasteiger partial charge in [0.1, 0.15) is 0 Å². The Hall–Kier alpha value is -1.14. The Morgan fingerprint density at radius 1 is 0.952 bits per heavy atom. The second kappa shape index (κ2) is 11.5. The van der Waals surface area contributed by atoms with E-state index in [-0.39, 0.29) is 0 Å². The molecule has 120 valence electrons. The number of benzene rings is 1. The Morgan fingerprint density at radius 3 is 1.86 bits per heavy atom. The number of hydrogen-bond donors (Lipinski definition) is 1. The van der Waals surface area contributed by atoms with Crippen LogP contribution in [0.3, 0.4) is 0 Å². The summed E-state index contributed by atoms with van der Waals surface area (Å²) in [5, 5.41) is 0. The summed E-state index contributed by atoms with van der Waals surface area (Å²) in [4.78, 5) is 0. The molecule has 0 radical (unpaired) electrons. The fourth-order valence-corrected chi connectivity index (χ4v) is 4.63. The number of nitrogens with two attached hydrogens (primary N) is 1. The van der Waals surface area contributed by atoms with E-state index in [4.69, 9.17) is 19.0 Å². The van der Waals surface area contributed by atoms with E-state index in [0.717, 1.165) is 23.7 Å². The molecule has 0 fully saturated rings. The molecule has 0 bridgehead atoms. The third-order valence-electron chi connectivity index (χ3n) is 2.85. The second-order valence-electron chi connectivity index (χ2n) is 4.18. The van der Waals surface area contributed by atoms with Crippen molar-refractivity contribution in [3.63, 3.8) is 0 Å². The van der Waals surface area contributed by atoms with Crippen molar-refractivity contribution in [1.29, 1.82) is 0 Å². The molecule has 21 heavy (non-hydrogen) atoms. The molecular formula is C16H29NO3Si. The molecule has 2 N–H and O–H groups in total. The molecule has 0 aromatic heterocycles. The molecule has 0 aliphatic carbocycles. The summed E-state index contributed by atoms with van der Waals surface area (Å²) in [7, 11) is -2.56. The lowest BCUT2D eigenvalue weighted by molar-refractivity contribution is 0.0714. The molecule has 1 rings (SSSR count). The highest BCUT2D eigenvalue weighted by Crippen LogP contribution is 2.21. The fraction of sp³-hybridized carbons (Fsp3) is 0.500. The van der Waals surface area contributed by atoms with Crippen LogP contribution in [-0.2, 0) is 19.7 Å². The maximum absolute atomic E-state index is 5.96. The molecular weight excluding hydrogens is 282 g/mol. The first-order chi connectivity index (χ1) is 10.2. The SMILES string of the molecule is C=C.CCO[Si](CCc1ccccc1N)(OCC)OCC. The van der Waals surface area contributed by atoms with E-state index in [0.29, 0.717) is 19.8 Å². The van der Waals surface area contributed by atoms with Gasteiger partial charge in [0.15, 0.2) is 0 Å². The first kappa shape index (κ1) is 19.9. The summed E-state index contributed by atoms with van der Waals surface area (Å²) in [5.74, 6) is 0. The standard InChI is InChI=1S/C14H25NO3Si.C2H4/c1-4-16-19(17-5-2,18-6-3)12-11-13-9-7-8-10-14(13)15;1-2/h7-10H,4-6,11-12,15H2,1-3H3;1-2H2. The van der Waals surface area contributed by atoms with E-state index in [2.05, 4.69) is 13.2 Å². The lowest BCUT2D eigenvalue weighted by atomic mass is 10.1. The van der Waals surface area contributed by atoms with Crippen molar-refractivity contribution in [2.45, 2.75) is 33.2 Å². The average molecular weight is 311 g/mol. The number of aryl methyl sites for hydroxylation is 1. The van der Waals surface area contributed by atoms with Crippen LogP contribution in [0.15, 0.2) is 37.4 Å². The molecule has 0 amide bonds. The maximum atomic E-state index is 5.96. The van der Waals surface area contributed by atoms with E-state index in [1.54, 1.807) is 0 Å². The van der Waals surface area contributed by atoms with Crippen molar-refractivity contribution in [2.75, 3.05) is 25.6 Å². The minimum Gasteiger partial charge on any atom is -0.399 e. The molecule has 0 heterocycles. The third kappa shape index (κ3) is 6.90. The number of para-hydroxylation sites is 1. The fourth-order valence-electron chi connectivity index (χ4n) is 2.05. The monoisotopic (exact) mass is 311 g/mol. The lowest BCUT2D eigenvalue weighted by Crippen LogP contribution is -2.46. The Morgan fingerprint density at radius 2 is 1.43 bits per heavy atom. The van der Waals surface area contributed by atoms with Crippen molar-refractivity contribution < 1.29 is 13.3 Å². The van der Waals surface area contributed by atoms with Crippen LogP contribution in [0.1, 0.15) is 26.3 Å². The first-order valence-electron chi connectivity index (χ1n) is 7.42. The summed E-state index contributed by atoms with van der Waals surface area (Å²) in [6, 6.07) is 8.66. The molecule has 0 saturated carbocycles. The first-order valence-corrected chi connectivity index (χ1v) is 9.35. The van der Waals surface area contributed by atoms with Crippen LogP contribution < -0.4 is 5.73 Å². The van der Waals surface area contributed by atoms with Gasteiger partial charge in [0.05, 0.1) is 0 Å². The van der Waals surface area contributed by atoms with Gasteiger partial charge in [-0.15, -0.1) is 13.2 Å². The van der Waals surface area contributed by atoms with E-state index < -0.39 is 8.80 Å². The summed E-state index contributed by atoms with van der Waals surface area (Å²) in [6.45, 7) is 13.7. The van der Waals surface area contributed by atoms with E-state index in [1.165, 1.54) is 0 Å². The quantitative estimate of drug-likeness (QED) is 0.429. The topological polar surface area (TPSA) is 53.7 Å².